The Labute approximate surface area is 90.0 Å². The zero-order valence-corrected chi connectivity index (χ0v) is 9.84. The van der Waals surface area contributed by atoms with E-state index in [1.807, 2.05) is 13.8 Å². The molecule has 0 spiro atoms. The summed E-state index contributed by atoms with van der Waals surface area (Å²) in [5, 5.41) is 17.1. The minimum Gasteiger partial charge on any atom is -0.392 e. The second kappa shape index (κ2) is 5.49. The molecule has 0 saturated heterocycles. The van der Waals surface area contributed by atoms with Crippen LogP contribution < -0.4 is 5.32 Å². The molecular weight excluding hydrogens is 194 g/mol. The van der Waals surface area contributed by atoms with Crippen molar-refractivity contribution in [1.82, 2.24) is 5.32 Å². The average molecular weight is 213 g/mol. The quantitative estimate of drug-likeness (QED) is 0.787. The number of rotatable bonds is 5. The summed E-state index contributed by atoms with van der Waals surface area (Å²) in [6.07, 6.45) is -0.254. The molecule has 0 saturated carbocycles. The maximum absolute atomic E-state index is 9.61. The molecule has 3 heteroatoms. The fourth-order valence-corrected chi connectivity index (χ4v) is 1.93. The van der Waals surface area contributed by atoms with Crippen molar-refractivity contribution in [2.24, 2.45) is 5.92 Å². The lowest BCUT2D eigenvalue weighted by Crippen LogP contribution is -2.32. The van der Waals surface area contributed by atoms with Gasteiger partial charge in [-0.2, -0.15) is 11.3 Å². The summed E-state index contributed by atoms with van der Waals surface area (Å²) in [6, 6.07) is 2.44. The fraction of sp³-hybridized carbons (Fsp3) is 0.636. The highest BCUT2D eigenvalue weighted by atomic mass is 32.1. The molecule has 2 N–H and O–H groups in total. The van der Waals surface area contributed by atoms with E-state index >= 15 is 0 Å². The molecule has 2 nitrogen and oxygen atoms in total. The van der Waals surface area contributed by atoms with Crippen molar-refractivity contribution < 1.29 is 5.11 Å². The molecule has 0 fully saturated rings. The van der Waals surface area contributed by atoms with Crippen LogP contribution in [0.5, 0.6) is 0 Å². The molecule has 1 heterocycles. The van der Waals surface area contributed by atoms with E-state index in [1.165, 1.54) is 5.56 Å². The molecule has 0 aliphatic carbocycles. The highest BCUT2D eigenvalue weighted by molar-refractivity contribution is 7.07. The molecule has 14 heavy (non-hydrogen) atoms. The van der Waals surface area contributed by atoms with Crippen molar-refractivity contribution >= 4 is 11.3 Å². The molecular formula is C11H19NOS. The van der Waals surface area contributed by atoms with E-state index in [4.69, 9.17) is 0 Å². The Kier molecular flexibility index (Phi) is 4.58. The maximum atomic E-state index is 9.61. The van der Waals surface area contributed by atoms with Gasteiger partial charge in [-0.15, -0.1) is 0 Å². The molecule has 1 aromatic heterocycles. The van der Waals surface area contributed by atoms with Crippen LogP contribution >= 0.6 is 11.3 Å². The molecule has 0 bridgehead atoms. The van der Waals surface area contributed by atoms with Gasteiger partial charge < -0.3 is 10.4 Å². The van der Waals surface area contributed by atoms with E-state index in [1.54, 1.807) is 11.3 Å². The normalized spacial score (nSPS) is 15.8. The van der Waals surface area contributed by atoms with Crippen LogP contribution in [0, 0.1) is 5.92 Å². The van der Waals surface area contributed by atoms with Crippen LogP contribution in [-0.2, 0) is 0 Å². The Morgan fingerprint density at radius 2 is 2.14 bits per heavy atom. The van der Waals surface area contributed by atoms with E-state index in [0.717, 1.165) is 0 Å². The van der Waals surface area contributed by atoms with Gasteiger partial charge in [-0.1, -0.05) is 13.8 Å². The lowest BCUT2D eigenvalue weighted by atomic mass is 10.1. The van der Waals surface area contributed by atoms with E-state index < -0.39 is 0 Å². The Hall–Kier alpha value is -0.380. The van der Waals surface area contributed by atoms with Crippen molar-refractivity contribution in [3.8, 4) is 0 Å². The van der Waals surface area contributed by atoms with Gasteiger partial charge in [-0.3, -0.25) is 0 Å². The van der Waals surface area contributed by atoms with E-state index in [0.29, 0.717) is 18.5 Å². The molecule has 80 valence electrons. The Bertz CT molecular complexity index is 246. The largest absolute Gasteiger partial charge is 0.392 e. The molecule has 0 aliphatic rings. The Balaban J connectivity index is 2.32. The van der Waals surface area contributed by atoms with Crippen molar-refractivity contribution in [3.63, 3.8) is 0 Å². The van der Waals surface area contributed by atoms with Crippen molar-refractivity contribution in [1.29, 1.82) is 0 Å². The SMILES string of the molecule is CC(NCC(O)C(C)C)c1ccsc1. The van der Waals surface area contributed by atoms with Crippen LogP contribution in [-0.4, -0.2) is 17.8 Å². The van der Waals surface area contributed by atoms with Crippen LogP contribution in [0.3, 0.4) is 0 Å². The number of aliphatic hydroxyl groups is 1. The second-order valence-electron chi connectivity index (χ2n) is 4.00. The average Bonchev–Trinajstić information content (AvgIpc) is 2.66. The zero-order chi connectivity index (χ0) is 10.6. The highest BCUT2D eigenvalue weighted by Gasteiger charge is 2.11. The number of nitrogens with one attached hydrogen (secondary N) is 1. The van der Waals surface area contributed by atoms with Crippen LogP contribution in [0.25, 0.3) is 0 Å². The second-order valence-corrected chi connectivity index (χ2v) is 4.78. The number of thiophene rings is 1. The van der Waals surface area contributed by atoms with Crippen LogP contribution in [0.1, 0.15) is 32.4 Å². The summed E-state index contributed by atoms with van der Waals surface area (Å²) in [7, 11) is 0. The predicted octanol–water partition coefficient (Wildman–Crippen LogP) is 2.42. The van der Waals surface area contributed by atoms with Gasteiger partial charge >= 0.3 is 0 Å². The van der Waals surface area contributed by atoms with Gasteiger partial charge in [0, 0.05) is 12.6 Å². The first-order valence-corrected chi connectivity index (χ1v) is 5.99. The van der Waals surface area contributed by atoms with E-state index in [-0.39, 0.29) is 6.10 Å². The zero-order valence-electron chi connectivity index (χ0n) is 9.03. The van der Waals surface area contributed by atoms with Crippen molar-refractivity contribution in [2.75, 3.05) is 6.54 Å². The van der Waals surface area contributed by atoms with E-state index in [2.05, 4.69) is 29.1 Å². The van der Waals surface area contributed by atoms with Gasteiger partial charge in [-0.25, -0.2) is 0 Å². The fourth-order valence-electron chi connectivity index (χ4n) is 1.17. The van der Waals surface area contributed by atoms with Gasteiger partial charge in [0.25, 0.3) is 0 Å². The Morgan fingerprint density at radius 3 is 2.64 bits per heavy atom. The summed E-state index contributed by atoms with van der Waals surface area (Å²) in [6.45, 7) is 6.84. The summed E-state index contributed by atoms with van der Waals surface area (Å²) in [5.74, 6) is 0.317. The number of hydrogen-bond acceptors (Lipinski definition) is 3. The first-order chi connectivity index (χ1) is 6.61. The third-order valence-corrected chi connectivity index (χ3v) is 3.15. The minimum absolute atomic E-state index is 0.254. The highest BCUT2D eigenvalue weighted by Crippen LogP contribution is 2.15. The summed E-state index contributed by atoms with van der Waals surface area (Å²) < 4.78 is 0. The lowest BCUT2D eigenvalue weighted by Gasteiger charge is -2.18. The predicted molar refractivity (Wildman–Crippen MR) is 61.6 cm³/mol. The molecule has 2 unspecified atom stereocenters. The molecule has 1 rings (SSSR count). The van der Waals surface area contributed by atoms with Crippen molar-refractivity contribution in [3.05, 3.63) is 22.4 Å². The number of hydrogen-bond donors (Lipinski definition) is 2. The molecule has 0 amide bonds. The smallest absolute Gasteiger partial charge is 0.0687 e. The summed E-state index contributed by atoms with van der Waals surface area (Å²) in [4.78, 5) is 0. The van der Waals surface area contributed by atoms with Crippen LogP contribution in [0.4, 0.5) is 0 Å². The van der Waals surface area contributed by atoms with Crippen LogP contribution in [0.15, 0.2) is 16.8 Å². The Morgan fingerprint density at radius 1 is 1.43 bits per heavy atom. The standard InChI is InChI=1S/C11H19NOS/c1-8(2)11(13)6-12-9(3)10-4-5-14-7-10/h4-5,7-9,11-13H,6H2,1-3H3. The van der Waals surface area contributed by atoms with Gasteiger partial charge in [0.2, 0.25) is 0 Å². The van der Waals surface area contributed by atoms with Crippen molar-refractivity contribution in [2.45, 2.75) is 32.9 Å². The third-order valence-electron chi connectivity index (χ3n) is 2.45. The van der Waals surface area contributed by atoms with Gasteiger partial charge in [-0.05, 0) is 35.2 Å². The molecule has 0 aromatic carbocycles. The van der Waals surface area contributed by atoms with Gasteiger partial charge in [0.05, 0.1) is 6.10 Å². The molecule has 1 aromatic rings. The summed E-state index contributed by atoms with van der Waals surface area (Å²) >= 11 is 1.71. The molecule has 0 aliphatic heterocycles. The van der Waals surface area contributed by atoms with E-state index in [9.17, 15) is 5.11 Å². The number of aliphatic hydroxyl groups excluding tert-OH is 1. The lowest BCUT2D eigenvalue weighted by molar-refractivity contribution is 0.121. The first kappa shape index (κ1) is 11.7. The van der Waals surface area contributed by atoms with Crippen LogP contribution in [0.2, 0.25) is 0 Å². The monoisotopic (exact) mass is 213 g/mol. The molecule has 0 radical (unpaired) electrons. The van der Waals surface area contributed by atoms with Gasteiger partial charge in [0.15, 0.2) is 0 Å². The first-order valence-electron chi connectivity index (χ1n) is 5.04. The summed E-state index contributed by atoms with van der Waals surface area (Å²) in [5.41, 5.74) is 1.30. The topological polar surface area (TPSA) is 32.3 Å². The molecule has 2 atom stereocenters. The third kappa shape index (κ3) is 3.40. The maximum Gasteiger partial charge on any atom is 0.0687 e. The minimum atomic E-state index is -0.254. The van der Waals surface area contributed by atoms with Gasteiger partial charge in [0.1, 0.15) is 0 Å².